The van der Waals surface area contributed by atoms with Gasteiger partial charge in [-0.15, -0.1) is 0 Å². The number of nitrogens with one attached hydrogen (secondary N) is 1. The van der Waals surface area contributed by atoms with Gasteiger partial charge in [0.05, 0.1) is 0 Å². The fourth-order valence-electron chi connectivity index (χ4n) is 2.44. The number of hydrogen-bond donors (Lipinski definition) is 2. The summed E-state index contributed by atoms with van der Waals surface area (Å²) < 4.78 is 0. The summed E-state index contributed by atoms with van der Waals surface area (Å²) in [5.74, 6) is -0.926. The highest BCUT2D eigenvalue weighted by molar-refractivity contribution is 5.83. The summed E-state index contributed by atoms with van der Waals surface area (Å²) >= 11 is 0. The predicted octanol–water partition coefficient (Wildman–Crippen LogP) is 2.01. The average Bonchev–Trinajstić information content (AvgIpc) is 2.95. The quantitative estimate of drug-likeness (QED) is 0.883. The molecule has 1 aliphatic heterocycles. The third-order valence-electron chi connectivity index (χ3n) is 3.67. The fourth-order valence-corrected chi connectivity index (χ4v) is 2.44. The summed E-state index contributed by atoms with van der Waals surface area (Å²) in [5, 5.41) is 11.8. The van der Waals surface area contributed by atoms with E-state index in [-0.39, 0.29) is 6.03 Å². The summed E-state index contributed by atoms with van der Waals surface area (Å²) in [6, 6.07) is 7.07. The van der Waals surface area contributed by atoms with Crippen LogP contribution in [0.4, 0.5) is 4.79 Å². The molecular weight excluding hydrogens is 256 g/mol. The van der Waals surface area contributed by atoms with E-state index >= 15 is 0 Å². The van der Waals surface area contributed by atoms with Gasteiger partial charge in [0.1, 0.15) is 6.04 Å². The highest BCUT2D eigenvalue weighted by Gasteiger charge is 2.33. The van der Waals surface area contributed by atoms with Crippen LogP contribution in [0.1, 0.15) is 30.9 Å². The molecule has 2 N–H and O–H groups in total. The fraction of sp³-hybridized carbons (Fsp3) is 0.467. The van der Waals surface area contributed by atoms with Crippen LogP contribution in [0.5, 0.6) is 0 Å². The molecule has 0 saturated carbocycles. The Balaban J connectivity index is 1.89. The van der Waals surface area contributed by atoms with Crippen LogP contribution in [0.3, 0.4) is 0 Å². The standard InChI is InChI=1S/C15H20N2O3/c1-2-11-5-7-12(8-6-11)10-16-15(20)17-9-3-4-13(17)14(18)19/h5-8,13H,2-4,9-10H2,1H3,(H,16,20)(H,18,19). The molecule has 1 unspecified atom stereocenters. The molecule has 5 heteroatoms. The summed E-state index contributed by atoms with van der Waals surface area (Å²) in [6.07, 6.45) is 2.27. The molecule has 0 aliphatic carbocycles. The Morgan fingerprint density at radius 2 is 1.95 bits per heavy atom. The largest absolute Gasteiger partial charge is 0.480 e. The Morgan fingerprint density at radius 3 is 2.55 bits per heavy atom. The SMILES string of the molecule is CCc1ccc(CNC(=O)N2CCCC2C(=O)O)cc1. The van der Waals surface area contributed by atoms with Crippen molar-refractivity contribution in [2.45, 2.75) is 38.8 Å². The molecule has 1 aliphatic rings. The molecule has 1 saturated heterocycles. The van der Waals surface area contributed by atoms with E-state index in [1.807, 2.05) is 24.3 Å². The molecule has 0 spiro atoms. The minimum Gasteiger partial charge on any atom is -0.480 e. The molecule has 5 nitrogen and oxygen atoms in total. The van der Waals surface area contributed by atoms with Crippen LogP contribution in [-0.4, -0.2) is 34.6 Å². The van der Waals surface area contributed by atoms with Gasteiger partial charge < -0.3 is 15.3 Å². The van der Waals surface area contributed by atoms with Crippen LogP contribution in [0, 0.1) is 0 Å². The number of aliphatic carboxylic acids is 1. The Hall–Kier alpha value is -2.04. The Morgan fingerprint density at radius 1 is 1.30 bits per heavy atom. The minimum absolute atomic E-state index is 0.297. The number of nitrogens with zero attached hydrogens (tertiary/aromatic N) is 1. The van der Waals surface area contributed by atoms with Crippen LogP contribution in [-0.2, 0) is 17.8 Å². The number of hydrogen-bond acceptors (Lipinski definition) is 2. The molecule has 0 radical (unpaired) electrons. The molecular formula is C15H20N2O3. The smallest absolute Gasteiger partial charge is 0.326 e. The lowest BCUT2D eigenvalue weighted by Crippen LogP contribution is -2.45. The molecule has 2 rings (SSSR count). The van der Waals surface area contributed by atoms with Gasteiger partial charge in [-0.05, 0) is 30.4 Å². The zero-order valence-corrected chi connectivity index (χ0v) is 11.6. The number of benzene rings is 1. The van der Waals surface area contributed by atoms with E-state index in [2.05, 4.69) is 12.2 Å². The van der Waals surface area contributed by atoms with Gasteiger partial charge in [0.25, 0.3) is 0 Å². The molecule has 1 fully saturated rings. The maximum Gasteiger partial charge on any atom is 0.326 e. The summed E-state index contributed by atoms with van der Waals surface area (Å²) in [5.41, 5.74) is 2.27. The molecule has 1 aromatic rings. The van der Waals surface area contributed by atoms with Crippen molar-refractivity contribution >= 4 is 12.0 Å². The van der Waals surface area contributed by atoms with Crippen LogP contribution in [0.15, 0.2) is 24.3 Å². The van der Waals surface area contributed by atoms with Gasteiger partial charge in [-0.2, -0.15) is 0 Å². The number of carboxylic acid groups (broad SMARTS) is 1. The second-order valence-electron chi connectivity index (χ2n) is 5.02. The first-order chi connectivity index (χ1) is 9.61. The van der Waals surface area contributed by atoms with Gasteiger partial charge in [-0.1, -0.05) is 31.2 Å². The van der Waals surface area contributed by atoms with Crippen molar-refractivity contribution in [2.24, 2.45) is 0 Å². The number of rotatable bonds is 4. The van der Waals surface area contributed by atoms with Gasteiger partial charge in [-0.25, -0.2) is 9.59 Å². The van der Waals surface area contributed by atoms with E-state index in [9.17, 15) is 9.59 Å². The van der Waals surface area contributed by atoms with Crippen molar-refractivity contribution in [3.05, 3.63) is 35.4 Å². The lowest BCUT2D eigenvalue weighted by Gasteiger charge is -2.21. The Labute approximate surface area is 118 Å². The average molecular weight is 276 g/mol. The normalized spacial score (nSPS) is 18.1. The van der Waals surface area contributed by atoms with E-state index in [0.29, 0.717) is 19.5 Å². The molecule has 20 heavy (non-hydrogen) atoms. The number of likely N-dealkylation sites (tertiary alicyclic amines) is 1. The van der Waals surface area contributed by atoms with Crippen molar-refractivity contribution in [3.63, 3.8) is 0 Å². The summed E-state index contributed by atoms with van der Waals surface area (Å²) in [6.45, 7) is 3.03. The molecule has 1 aromatic carbocycles. The second kappa shape index (κ2) is 6.41. The van der Waals surface area contributed by atoms with E-state index in [1.165, 1.54) is 10.5 Å². The Kier molecular flexibility index (Phi) is 4.61. The van der Waals surface area contributed by atoms with E-state index < -0.39 is 12.0 Å². The second-order valence-corrected chi connectivity index (χ2v) is 5.02. The van der Waals surface area contributed by atoms with Gasteiger partial charge in [0.2, 0.25) is 0 Å². The monoisotopic (exact) mass is 276 g/mol. The van der Waals surface area contributed by atoms with Gasteiger partial charge >= 0.3 is 12.0 Å². The van der Waals surface area contributed by atoms with Crippen LogP contribution in [0.2, 0.25) is 0 Å². The number of aryl methyl sites for hydroxylation is 1. The van der Waals surface area contributed by atoms with Gasteiger partial charge in [0.15, 0.2) is 0 Å². The van der Waals surface area contributed by atoms with E-state index in [1.54, 1.807) is 0 Å². The lowest BCUT2D eigenvalue weighted by atomic mass is 10.1. The maximum absolute atomic E-state index is 12.0. The maximum atomic E-state index is 12.0. The molecule has 2 amide bonds. The third-order valence-corrected chi connectivity index (χ3v) is 3.67. The first-order valence-corrected chi connectivity index (χ1v) is 6.97. The van der Waals surface area contributed by atoms with Crippen molar-refractivity contribution in [1.82, 2.24) is 10.2 Å². The number of amides is 2. The molecule has 0 aromatic heterocycles. The zero-order valence-electron chi connectivity index (χ0n) is 11.6. The van der Waals surface area contributed by atoms with Crippen LogP contribution >= 0.6 is 0 Å². The highest BCUT2D eigenvalue weighted by atomic mass is 16.4. The van der Waals surface area contributed by atoms with Gasteiger partial charge in [-0.3, -0.25) is 0 Å². The molecule has 0 bridgehead atoms. The predicted molar refractivity (Wildman–Crippen MR) is 75.4 cm³/mol. The highest BCUT2D eigenvalue weighted by Crippen LogP contribution is 2.17. The first kappa shape index (κ1) is 14.4. The van der Waals surface area contributed by atoms with Crippen LogP contribution < -0.4 is 5.32 Å². The first-order valence-electron chi connectivity index (χ1n) is 6.97. The lowest BCUT2D eigenvalue weighted by molar-refractivity contribution is -0.141. The van der Waals surface area contributed by atoms with Gasteiger partial charge in [0, 0.05) is 13.1 Å². The third kappa shape index (κ3) is 3.29. The topological polar surface area (TPSA) is 69.6 Å². The molecule has 1 heterocycles. The van der Waals surface area contributed by atoms with Crippen molar-refractivity contribution in [3.8, 4) is 0 Å². The molecule has 108 valence electrons. The van der Waals surface area contributed by atoms with E-state index in [4.69, 9.17) is 5.11 Å². The number of urea groups is 1. The van der Waals surface area contributed by atoms with Crippen molar-refractivity contribution < 1.29 is 14.7 Å². The van der Waals surface area contributed by atoms with Crippen molar-refractivity contribution in [2.75, 3.05) is 6.54 Å². The zero-order chi connectivity index (χ0) is 14.5. The van der Waals surface area contributed by atoms with Crippen LogP contribution in [0.25, 0.3) is 0 Å². The number of carboxylic acids is 1. The van der Waals surface area contributed by atoms with Crippen molar-refractivity contribution in [1.29, 1.82) is 0 Å². The molecule has 1 atom stereocenters. The summed E-state index contributed by atoms with van der Waals surface area (Å²) in [4.78, 5) is 24.5. The minimum atomic E-state index is -0.926. The van der Waals surface area contributed by atoms with E-state index in [0.717, 1.165) is 18.4 Å². The summed E-state index contributed by atoms with van der Waals surface area (Å²) in [7, 11) is 0. The number of carbonyl (C=O) groups is 2. The Bertz CT molecular complexity index is 484. The number of carbonyl (C=O) groups excluding carboxylic acids is 1.